The molecule has 3 atom stereocenters. The number of aliphatic imine (C=N–C) groups is 1. The third kappa shape index (κ3) is 5.90. The van der Waals surface area contributed by atoms with Gasteiger partial charge in [-0.25, -0.2) is 4.39 Å². The molecule has 0 aliphatic carbocycles. The van der Waals surface area contributed by atoms with Crippen LogP contribution in [-0.2, 0) is 13.1 Å². The number of hydrogen-bond acceptors (Lipinski definition) is 7. The second-order valence-electron chi connectivity index (χ2n) is 9.37. The Morgan fingerprint density at radius 3 is 2.64 bits per heavy atom. The van der Waals surface area contributed by atoms with Gasteiger partial charge in [0, 0.05) is 31.2 Å². The summed E-state index contributed by atoms with van der Waals surface area (Å²) in [5.41, 5.74) is 3.53. The van der Waals surface area contributed by atoms with E-state index in [1.54, 1.807) is 19.1 Å². The zero-order chi connectivity index (χ0) is 25.7. The van der Waals surface area contributed by atoms with Crippen LogP contribution in [0.4, 0.5) is 4.39 Å². The van der Waals surface area contributed by atoms with Crippen LogP contribution in [-0.4, -0.2) is 63.5 Å². The maximum Gasteiger partial charge on any atom is 0.251 e. The number of rotatable bonds is 8. The molecule has 3 N–H and O–H groups in total. The second-order valence-corrected chi connectivity index (χ2v) is 9.37. The highest BCUT2D eigenvalue weighted by Crippen LogP contribution is 2.36. The zero-order valence-electron chi connectivity index (χ0n) is 21.4. The summed E-state index contributed by atoms with van der Waals surface area (Å²) >= 11 is 0. The van der Waals surface area contributed by atoms with Crippen LogP contribution in [0, 0.1) is 0 Å². The number of likely N-dealkylation sites (tertiary alicyclic amines) is 1. The van der Waals surface area contributed by atoms with Crippen molar-refractivity contribution >= 4 is 11.9 Å². The van der Waals surface area contributed by atoms with Gasteiger partial charge in [0.2, 0.25) is 0 Å². The molecule has 2 heterocycles. The molecule has 2 aromatic carbocycles. The van der Waals surface area contributed by atoms with E-state index in [0.29, 0.717) is 36.6 Å². The van der Waals surface area contributed by atoms with E-state index in [4.69, 9.17) is 9.47 Å². The Kier molecular flexibility index (Phi) is 8.30. The van der Waals surface area contributed by atoms with Crippen molar-refractivity contribution < 1.29 is 18.7 Å². The van der Waals surface area contributed by atoms with Gasteiger partial charge in [-0.1, -0.05) is 12.1 Å². The molecule has 1 saturated heterocycles. The molecule has 0 spiro atoms. The predicted octanol–water partition coefficient (Wildman–Crippen LogP) is 3.18. The topological polar surface area (TPSA) is 87.2 Å². The van der Waals surface area contributed by atoms with Gasteiger partial charge in [0.15, 0.2) is 23.8 Å². The number of nitrogens with one attached hydrogen (secondary N) is 3. The highest BCUT2D eigenvalue weighted by Gasteiger charge is 2.33. The Morgan fingerprint density at radius 1 is 1.11 bits per heavy atom. The molecule has 9 heteroatoms. The van der Waals surface area contributed by atoms with Crippen LogP contribution in [0.1, 0.15) is 52.7 Å². The molecule has 0 aromatic heterocycles. The molecule has 0 bridgehead atoms. The lowest BCUT2D eigenvalue weighted by atomic mass is 9.83. The lowest BCUT2D eigenvalue weighted by Crippen LogP contribution is -2.44. The van der Waals surface area contributed by atoms with E-state index in [1.165, 1.54) is 0 Å². The summed E-state index contributed by atoms with van der Waals surface area (Å²) in [4.78, 5) is 19.4. The third-order valence-electron chi connectivity index (χ3n) is 7.12. The molecule has 0 radical (unpaired) electrons. The molecule has 3 unspecified atom stereocenters. The number of carbonyl (C=O) groups excluding carboxylic acids is 1. The molecule has 1 amide bonds. The van der Waals surface area contributed by atoms with E-state index >= 15 is 0 Å². The van der Waals surface area contributed by atoms with Gasteiger partial charge >= 0.3 is 0 Å². The van der Waals surface area contributed by atoms with E-state index < -0.39 is 6.30 Å². The minimum Gasteiger partial charge on any atom is -0.493 e. The van der Waals surface area contributed by atoms with Crippen molar-refractivity contribution in [1.29, 1.82) is 0 Å². The molecule has 36 heavy (non-hydrogen) atoms. The predicted molar refractivity (Wildman–Crippen MR) is 138 cm³/mol. The number of carbonyl (C=O) groups is 1. The normalized spacial score (nSPS) is 21.9. The minimum absolute atomic E-state index is 0.0282. The molecule has 0 saturated carbocycles. The molecular formula is C27H36FN5O3. The summed E-state index contributed by atoms with van der Waals surface area (Å²) in [7, 11) is 5.00. The number of benzene rings is 2. The second kappa shape index (κ2) is 11.6. The average molecular weight is 498 g/mol. The van der Waals surface area contributed by atoms with E-state index in [1.807, 2.05) is 37.4 Å². The largest absolute Gasteiger partial charge is 0.493 e. The van der Waals surface area contributed by atoms with E-state index in [0.717, 1.165) is 42.2 Å². The number of methoxy groups -OCH3 is 2. The number of hydrogen-bond donors (Lipinski definition) is 3. The molecular weight excluding hydrogens is 461 g/mol. The SMILES string of the molecule is COc1ccc(CNC(=O)c2cc(CNC3=NCCN3)cc(C3CCC(F)N(C)C3C)c2)cc1OC. The van der Waals surface area contributed by atoms with Crippen LogP contribution in [0.25, 0.3) is 0 Å². The Bertz CT molecular complexity index is 1110. The lowest BCUT2D eigenvalue weighted by molar-refractivity contribution is 0.0201. The first-order valence-corrected chi connectivity index (χ1v) is 12.4. The number of guanidine groups is 1. The van der Waals surface area contributed by atoms with Crippen LogP contribution < -0.4 is 25.4 Å². The Balaban J connectivity index is 1.54. The summed E-state index contributed by atoms with van der Waals surface area (Å²) in [6.45, 7) is 4.52. The number of likely N-dealkylation sites (N-methyl/N-ethyl adjacent to an activating group) is 1. The first-order valence-electron chi connectivity index (χ1n) is 12.4. The van der Waals surface area contributed by atoms with Gasteiger partial charge in [-0.3, -0.25) is 14.7 Å². The van der Waals surface area contributed by atoms with Gasteiger partial charge < -0.3 is 25.4 Å². The van der Waals surface area contributed by atoms with Gasteiger partial charge in [0.1, 0.15) is 0 Å². The molecule has 2 aromatic rings. The van der Waals surface area contributed by atoms with Crippen molar-refractivity contribution in [2.75, 3.05) is 34.4 Å². The molecule has 8 nitrogen and oxygen atoms in total. The number of nitrogens with zero attached hydrogens (tertiary/aromatic N) is 2. The molecule has 2 aliphatic rings. The Hall–Kier alpha value is -3.33. The highest BCUT2D eigenvalue weighted by molar-refractivity contribution is 5.94. The quantitative estimate of drug-likeness (QED) is 0.486. The maximum absolute atomic E-state index is 14.3. The molecule has 4 rings (SSSR count). The summed E-state index contributed by atoms with van der Waals surface area (Å²) in [5, 5.41) is 9.54. The van der Waals surface area contributed by atoms with Gasteiger partial charge in [-0.15, -0.1) is 0 Å². The summed E-state index contributed by atoms with van der Waals surface area (Å²) in [5.74, 6) is 2.00. The number of halogens is 1. The molecule has 2 aliphatic heterocycles. The van der Waals surface area contributed by atoms with Crippen molar-refractivity contribution in [3.05, 3.63) is 58.7 Å². The summed E-state index contributed by atoms with van der Waals surface area (Å²) < 4.78 is 24.9. The first kappa shape index (κ1) is 25.8. The summed E-state index contributed by atoms with van der Waals surface area (Å²) in [6.07, 6.45) is 0.289. The van der Waals surface area contributed by atoms with Gasteiger partial charge in [0.25, 0.3) is 5.91 Å². The minimum atomic E-state index is -0.934. The van der Waals surface area contributed by atoms with E-state index in [9.17, 15) is 9.18 Å². The Morgan fingerprint density at radius 2 is 1.92 bits per heavy atom. The fourth-order valence-corrected chi connectivity index (χ4v) is 4.89. The van der Waals surface area contributed by atoms with Crippen molar-refractivity contribution in [2.45, 2.75) is 51.1 Å². The highest BCUT2D eigenvalue weighted by atomic mass is 19.1. The smallest absolute Gasteiger partial charge is 0.251 e. The first-order chi connectivity index (χ1) is 17.4. The van der Waals surface area contributed by atoms with Crippen molar-refractivity contribution in [3.8, 4) is 11.5 Å². The summed E-state index contributed by atoms with van der Waals surface area (Å²) in [6, 6.07) is 11.6. The number of amides is 1. The van der Waals surface area contributed by atoms with Gasteiger partial charge in [-0.2, -0.15) is 0 Å². The maximum atomic E-state index is 14.3. The van der Waals surface area contributed by atoms with Crippen molar-refractivity contribution in [3.63, 3.8) is 0 Å². The van der Waals surface area contributed by atoms with Crippen LogP contribution in [0.2, 0.25) is 0 Å². The van der Waals surface area contributed by atoms with Crippen LogP contribution in [0.3, 0.4) is 0 Å². The van der Waals surface area contributed by atoms with Crippen molar-refractivity contribution in [1.82, 2.24) is 20.9 Å². The van der Waals surface area contributed by atoms with Crippen molar-refractivity contribution in [2.24, 2.45) is 4.99 Å². The standard InChI is InChI=1S/C27H36FN5O3/c1-17-22(6-8-25(28)33(17)2)20-11-19(16-32-27-29-9-10-30-27)12-21(14-20)26(34)31-15-18-5-7-23(35-3)24(13-18)36-4/h5,7,11-14,17,22,25H,6,8-10,15-16H2,1-4H3,(H,31,34)(H2,29,30,32). The number of alkyl halides is 1. The van der Waals surface area contributed by atoms with Crippen LogP contribution >= 0.6 is 0 Å². The lowest BCUT2D eigenvalue weighted by Gasteiger charge is -2.39. The van der Waals surface area contributed by atoms with E-state index in [2.05, 4.69) is 33.9 Å². The fourth-order valence-electron chi connectivity index (χ4n) is 4.89. The average Bonchev–Trinajstić information content (AvgIpc) is 3.42. The number of piperidine rings is 1. The Labute approximate surface area is 212 Å². The number of ether oxygens (including phenoxy) is 2. The third-order valence-corrected chi connectivity index (χ3v) is 7.12. The van der Waals surface area contributed by atoms with Gasteiger partial charge in [-0.05, 0) is 73.7 Å². The van der Waals surface area contributed by atoms with Gasteiger partial charge in [0.05, 0.1) is 20.8 Å². The zero-order valence-corrected chi connectivity index (χ0v) is 21.4. The monoisotopic (exact) mass is 497 g/mol. The van der Waals surface area contributed by atoms with Crippen LogP contribution in [0.15, 0.2) is 41.4 Å². The molecule has 1 fully saturated rings. The fraction of sp³-hybridized carbons (Fsp3) is 0.481. The van der Waals surface area contributed by atoms with Crippen LogP contribution in [0.5, 0.6) is 11.5 Å². The molecule has 194 valence electrons. The van der Waals surface area contributed by atoms with E-state index in [-0.39, 0.29) is 17.9 Å².